The first-order valence-electron chi connectivity index (χ1n) is 6.65. The summed E-state index contributed by atoms with van der Waals surface area (Å²) in [5.41, 5.74) is 0.389. The van der Waals surface area contributed by atoms with Crippen LogP contribution in [-0.4, -0.2) is 56.8 Å². The van der Waals surface area contributed by atoms with Gasteiger partial charge in [0.15, 0.2) is 0 Å². The van der Waals surface area contributed by atoms with E-state index >= 15 is 0 Å². The summed E-state index contributed by atoms with van der Waals surface area (Å²) in [6, 6.07) is 5.31. The highest BCUT2D eigenvalue weighted by Crippen LogP contribution is 2.15. The maximum Gasteiger partial charge on any atom is 0.253 e. The summed E-state index contributed by atoms with van der Waals surface area (Å²) in [5.74, 6) is 1.62. The number of hydrogen-bond donors (Lipinski definition) is 1. The largest absolute Gasteiger partial charge is 0.337 e. The van der Waals surface area contributed by atoms with E-state index in [2.05, 4.69) is 0 Å². The molecule has 122 valence electrons. The molecule has 1 N–H and O–H groups in total. The van der Waals surface area contributed by atoms with Crippen LogP contribution in [0.2, 0.25) is 0 Å². The third-order valence-electron chi connectivity index (χ3n) is 3.14. The molecule has 1 fully saturated rings. The lowest BCUT2D eigenvalue weighted by Gasteiger charge is -2.26. The molecule has 1 amide bonds. The Labute approximate surface area is 132 Å². The normalized spacial score (nSPS) is 16.0. The molecule has 9 heteroatoms. The standard InChI is InChI=1S/C13H16F2N2O3S2/c14-12(15)9-16-22(19,20)11-3-1-10(2-4-11)13(18)17-5-7-21-8-6-17/h1-4,12,16H,5-9H2. The van der Waals surface area contributed by atoms with Gasteiger partial charge in [-0.05, 0) is 24.3 Å². The van der Waals surface area contributed by atoms with Gasteiger partial charge in [-0.2, -0.15) is 11.8 Å². The highest BCUT2D eigenvalue weighted by atomic mass is 32.2. The Balaban J connectivity index is 2.07. The van der Waals surface area contributed by atoms with Gasteiger partial charge >= 0.3 is 0 Å². The fourth-order valence-electron chi connectivity index (χ4n) is 1.98. The molecule has 0 radical (unpaired) electrons. The van der Waals surface area contributed by atoms with Crippen molar-refractivity contribution in [2.75, 3.05) is 31.1 Å². The van der Waals surface area contributed by atoms with Crippen LogP contribution in [-0.2, 0) is 10.0 Å². The minimum absolute atomic E-state index is 0.140. The second-order valence-electron chi connectivity index (χ2n) is 4.67. The molecule has 0 bridgehead atoms. The lowest BCUT2D eigenvalue weighted by molar-refractivity contribution is 0.0772. The van der Waals surface area contributed by atoms with Crippen molar-refractivity contribution in [1.82, 2.24) is 9.62 Å². The third-order valence-corrected chi connectivity index (χ3v) is 5.52. The number of carbonyl (C=O) groups excluding carboxylic acids is 1. The van der Waals surface area contributed by atoms with E-state index in [1.807, 2.05) is 4.72 Å². The minimum atomic E-state index is -3.98. The Bertz CT molecular complexity index is 615. The predicted octanol–water partition coefficient (Wildman–Crippen LogP) is 1.42. The van der Waals surface area contributed by atoms with Gasteiger partial charge in [-0.1, -0.05) is 0 Å². The first-order chi connectivity index (χ1) is 10.4. The molecule has 2 rings (SSSR count). The molecule has 1 aliphatic rings. The van der Waals surface area contributed by atoms with Crippen LogP contribution < -0.4 is 4.72 Å². The van der Waals surface area contributed by atoms with Crippen molar-refractivity contribution < 1.29 is 22.0 Å². The maximum absolute atomic E-state index is 12.2. The Hall–Kier alpha value is -1.19. The van der Waals surface area contributed by atoms with Gasteiger partial charge in [0.05, 0.1) is 11.4 Å². The number of carbonyl (C=O) groups is 1. The highest BCUT2D eigenvalue weighted by Gasteiger charge is 2.20. The zero-order valence-corrected chi connectivity index (χ0v) is 13.3. The van der Waals surface area contributed by atoms with Gasteiger partial charge < -0.3 is 4.90 Å². The van der Waals surface area contributed by atoms with E-state index in [1.54, 1.807) is 16.7 Å². The van der Waals surface area contributed by atoms with E-state index in [4.69, 9.17) is 0 Å². The van der Waals surface area contributed by atoms with Crippen LogP contribution in [0.4, 0.5) is 8.78 Å². The molecule has 5 nitrogen and oxygen atoms in total. The number of hydrogen-bond acceptors (Lipinski definition) is 4. The van der Waals surface area contributed by atoms with Gasteiger partial charge in [-0.25, -0.2) is 21.9 Å². The van der Waals surface area contributed by atoms with Crippen molar-refractivity contribution in [2.45, 2.75) is 11.3 Å². The molecule has 22 heavy (non-hydrogen) atoms. The number of benzene rings is 1. The average molecular weight is 350 g/mol. The molecule has 0 aliphatic carbocycles. The number of halogens is 2. The number of rotatable bonds is 5. The number of thioether (sulfide) groups is 1. The van der Waals surface area contributed by atoms with Crippen molar-refractivity contribution in [3.63, 3.8) is 0 Å². The second-order valence-corrected chi connectivity index (χ2v) is 7.66. The van der Waals surface area contributed by atoms with Crippen molar-refractivity contribution in [1.29, 1.82) is 0 Å². The minimum Gasteiger partial charge on any atom is -0.337 e. The van der Waals surface area contributed by atoms with E-state index < -0.39 is 23.0 Å². The zero-order chi connectivity index (χ0) is 16.2. The van der Waals surface area contributed by atoms with Gasteiger partial charge in [0.25, 0.3) is 12.3 Å². The summed E-state index contributed by atoms with van der Waals surface area (Å²) in [6.45, 7) is 0.396. The summed E-state index contributed by atoms with van der Waals surface area (Å²) in [6.07, 6.45) is -2.76. The maximum atomic E-state index is 12.2. The lowest BCUT2D eigenvalue weighted by Crippen LogP contribution is -2.37. The molecule has 0 aromatic heterocycles. The van der Waals surface area contributed by atoms with Crippen LogP contribution >= 0.6 is 11.8 Å². The summed E-state index contributed by atoms with van der Waals surface area (Å²) in [7, 11) is -3.98. The van der Waals surface area contributed by atoms with E-state index in [-0.39, 0.29) is 10.8 Å². The number of sulfonamides is 1. The molecule has 1 heterocycles. The van der Waals surface area contributed by atoms with Gasteiger partial charge in [0.1, 0.15) is 0 Å². The quantitative estimate of drug-likeness (QED) is 0.872. The molecule has 1 aromatic carbocycles. The van der Waals surface area contributed by atoms with Crippen molar-refractivity contribution in [3.8, 4) is 0 Å². The average Bonchev–Trinajstić information content (AvgIpc) is 2.53. The molecule has 0 unspecified atom stereocenters. The molecule has 0 saturated carbocycles. The van der Waals surface area contributed by atoms with Gasteiger partial charge in [0.2, 0.25) is 10.0 Å². The molecule has 0 atom stereocenters. The summed E-state index contributed by atoms with van der Waals surface area (Å²) < 4.78 is 49.5. The molecule has 1 aromatic rings. The SMILES string of the molecule is O=C(c1ccc(S(=O)(=O)NCC(F)F)cc1)N1CCSCC1. The van der Waals surface area contributed by atoms with Crippen molar-refractivity contribution in [2.24, 2.45) is 0 Å². The number of amides is 1. The van der Waals surface area contributed by atoms with Gasteiger partial charge in [0, 0.05) is 30.2 Å². The fraction of sp³-hybridized carbons (Fsp3) is 0.462. The van der Waals surface area contributed by atoms with Crippen LogP contribution in [0.25, 0.3) is 0 Å². The highest BCUT2D eigenvalue weighted by molar-refractivity contribution is 7.99. The van der Waals surface area contributed by atoms with E-state index in [9.17, 15) is 22.0 Å². The molecular formula is C13H16F2N2O3S2. The van der Waals surface area contributed by atoms with Gasteiger partial charge in [-0.15, -0.1) is 0 Å². The third kappa shape index (κ3) is 4.40. The second kappa shape index (κ2) is 7.38. The monoisotopic (exact) mass is 350 g/mol. The molecule has 0 spiro atoms. The Morgan fingerprint density at radius 3 is 2.36 bits per heavy atom. The Morgan fingerprint density at radius 1 is 1.23 bits per heavy atom. The van der Waals surface area contributed by atoms with E-state index in [1.165, 1.54) is 24.3 Å². The Kier molecular flexibility index (Phi) is 5.76. The first kappa shape index (κ1) is 17.2. The smallest absolute Gasteiger partial charge is 0.253 e. The van der Waals surface area contributed by atoms with Crippen LogP contribution in [0.5, 0.6) is 0 Å². The van der Waals surface area contributed by atoms with E-state index in [0.717, 1.165) is 11.5 Å². The number of nitrogens with one attached hydrogen (secondary N) is 1. The van der Waals surface area contributed by atoms with E-state index in [0.29, 0.717) is 18.7 Å². The van der Waals surface area contributed by atoms with Crippen LogP contribution in [0.3, 0.4) is 0 Å². The summed E-state index contributed by atoms with van der Waals surface area (Å²) >= 11 is 1.78. The number of alkyl halides is 2. The van der Waals surface area contributed by atoms with Crippen molar-refractivity contribution >= 4 is 27.7 Å². The van der Waals surface area contributed by atoms with Gasteiger partial charge in [-0.3, -0.25) is 4.79 Å². The predicted molar refractivity (Wildman–Crippen MR) is 80.9 cm³/mol. The first-order valence-corrected chi connectivity index (χ1v) is 9.29. The molecular weight excluding hydrogens is 334 g/mol. The Morgan fingerprint density at radius 2 is 1.82 bits per heavy atom. The topological polar surface area (TPSA) is 66.5 Å². The summed E-state index contributed by atoms with van der Waals surface area (Å²) in [5, 5.41) is 0. The zero-order valence-electron chi connectivity index (χ0n) is 11.7. The van der Waals surface area contributed by atoms with Crippen LogP contribution in [0, 0.1) is 0 Å². The fourth-order valence-corrected chi connectivity index (χ4v) is 3.89. The molecule has 1 saturated heterocycles. The summed E-state index contributed by atoms with van der Waals surface area (Å²) in [4.78, 5) is 13.8. The van der Waals surface area contributed by atoms with Crippen LogP contribution in [0.1, 0.15) is 10.4 Å². The van der Waals surface area contributed by atoms with Crippen molar-refractivity contribution in [3.05, 3.63) is 29.8 Å². The molecule has 1 aliphatic heterocycles. The number of nitrogens with zero attached hydrogens (tertiary/aromatic N) is 1. The van der Waals surface area contributed by atoms with Crippen LogP contribution in [0.15, 0.2) is 29.2 Å². The lowest BCUT2D eigenvalue weighted by atomic mass is 10.2.